The van der Waals surface area contributed by atoms with Gasteiger partial charge in [0, 0.05) is 31.1 Å². The van der Waals surface area contributed by atoms with E-state index >= 15 is 0 Å². The van der Waals surface area contributed by atoms with Gasteiger partial charge < -0.3 is 10.0 Å². The normalized spacial score (nSPS) is 17.1. The standard InChI is InChI=1S/C12H18BNO2S/c1-10-2-3-11(8-12(10)13(15)16)9-14-4-6-17-7-5-14/h2-3,8,15-16H,4-7,9H2,1H3. The van der Waals surface area contributed by atoms with Crippen LogP contribution in [0.5, 0.6) is 0 Å². The first-order chi connectivity index (χ1) is 8.16. The van der Waals surface area contributed by atoms with Gasteiger partial charge in [-0.2, -0.15) is 11.8 Å². The zero-order valence-electron chi connectivity index (χ0n) is 10.1. The minimum atomic E-state index is -1.37. The molecule has 1 saturated heterocycles. The molecule has 2 rings (SSSR count). The molecule has 0 spiro atoms. The third kappa shape index (κ3) is 3.49. The second kappa shape index (κ2) is 5.91. The van der Waals surface area contributed by atoms with Crippen LogP contribution >= 0.6 is 11.8 Å². The van der Waals surface area contributed by atoms with Crippen molar-refractivity contribution < 1.29 is 10.0 Å². The van der Waals surface area contributed by atoms with E-state index in [9.17, 15) is 10.0 Å². The Labute approximate surface area is 107 Å². The molecule has 17 heavy (non-hydrogen) atoms. The van der Waals surface area contributed by atoms with Crippen LogP contribution in [0.1, 0.15) is 11.1 Å². The van der Waals surface area contributed by atoms with E-state index in [1.807, 2.05) is 30.8 Å². The van der Waals surface area contributed by atoms with Crippen LogP contribution in [-0.2, 0) is 6.54 Å². The van der Waals surface area contributed by atoms with Gasteiger partial charge in [-0.1, -0.05) is 23.8 Å². The van der Waals surface area contributed by atoms with Crippen molar-refractivity contribution in [3.63, 3.8) is 0 Å². The van der Waals surface area contributed by atoms with Gasteiger partial charge in [-0.3, -0.25) is 4.90 Å². The highest BCUT2D eigenvalue weighted by atomic mass is 32.2. The van der Waals surface area contributed by atoms with Gasteiger partial charge in [-0.25, -0.2) is 0 Å². The molecule has 1 aromatic carbocycles. The van der Waals surface area contributed by atoms with E-state index in [1.54, 1.807) is 0 Å². The summed E-state index contributed by atoms with van der Waals surface area (Å²) in [6, 6.07) is 5.94. The van der Waals surface area contributed by atoms with Gasteiger partial charge in [0.2, 0.25) is 0 Å². The number of hydrogen-bond acceptors (Lipinski definition) is 4. The first kappa shape index (κ1) is 13.0. The summed E-state index contributed by atoms with van der Waals surface area (Å²) in [4.78, 5) is 2.41. The number of nitrogens with zero attached hydrogens (tertiary/aromatic N) is 1. The summed E-state index contributed by atoms with van der Waals surface area (Å²) in [6.45, 7) is 5.04. The van der Waals surface area contributed by atoms with Crippen molar-refractivity contribution in [1.29, 1.82) is 0 Å². The van der Waals surface area contributed by atoms with Crippen molar-refractivity contribution in [1.82, 2.24) is 4.90 Å². The van der Waals surface area contributed by atoms with Gasteiger partial charge in [0.25, 0.3) is 0 Å². The van der Waals surface area contributed by atoms with Crippen LogP contribution < -0.4 is 5.46 Å². The van der Waals surface area contributed by atoms with Gasteiger partial charge in [-0.05, 0) is 17.9 Å². The molecule has 1 aliphatic rings. The van der Waals surface area contributed by atoms with Crippen LogP contribution in [0.4, 0.5) is 0 Å². The maximum absolute atomic E-state index is 9.27. The Balaban J connectivity index is 2.07. The van der Waals surface area contributed by atoms with Gasteiger partial charge in [-0.15, -0.1) is 0 Å². The van der Waals surface area contributed by atoms with Gasteiger partial charge in [0.15, 0.2) is 0 Å². The Bertz CT molecular complexity index is 381. The van der Waals surface area contributed by atoms with Crippen molar-refractivity contribution in [2.75, 3.05) is 24.6 Å². The fourth-order valence-electron chi connectivity index (χ4n) is 2.08. The lowest BCUT2D eigenvalue weighted by atomic mass is 9.76. The smallest absolute Gasteiger partial charge is 0.423 e. The largest absolute Gasteiger partial charge is 0.488 e. The van der Waals surface area contributed by atoms with Crippen molar-refractivity contribution in [3.05, 3.63) is 29.3 Å². The highest BCUT2D eigenvalue weighted by Crippen LogP contribution is 2.13. The Kier molecular flexibility index (Phi) is 4.51. The number of thioether (sulfide) groups is 1. The average molecular weight is 251 g/mol. The van der Waals surface area contributed by atoms with Crippen LogP contribution in [0.3, 0.4) is 0 Å². The highest BCUT2D eigenvalue weighted by molar-refractivity contribution is 7.99. The predicted molar refractivity (Wildman–Crippen MR) is 73.6 cm³/mol. The summed E-state index contributed by atoms with van der Waals surface area (Å²) < 4.78 is 0. The van der Waals surface area contributed by atoms with Crippen molar-refractivity contribution in [3.8, 4) is 0 Å². The molecule has 0 saturated carbocycles. The molecule has 0 unspecified atom stereocenters. The van der Waals surface area contributed by atoms with E-state index in [-0.39, 0.29) is 0 Å². The SMILES string of the molecule is Cc1ccc(CN2CCSCC2)cc1B(O)O. The molecular weight excluding hydrogens is 233 g/mol. The summed E-state index contributed by atoms with van der Waals surface area (Å²) in [5.74, 6) is 2.39. The number of aryl methyl sites for hydroxylation is 1. The lowest BCUT2D eigenvalue weighted by Crippen LogP contribution is -2.34. The Morgan fingerprint density at radius 2 is 2.00 bits per heavy atom. The van der Waals surface area contributed by atoms with E-state index in [2.05, 4.69) is 11.0 Å². The van der Waals surface area contributed by atoms with E-state index in [4.69, 9.17) is 0 Å². The molecule has 0 aliphatic carbocycles. The monoisotopic (exact) mass is 251 g/mol. The molecule has 0 aromatic heterocycles. The molecule has 0 amide bonds. The zero-order valence-corrected chi connectivity index (χ0v) is 10.9. The Morgan fingerprint density at radius 3 is 2.65 bits per heavy atom. The summed E-state index contributed by atoms with van der Waals surface area (Å²) >= 11 is 2.00. The lowest BCUT2D eigenvalue weighted by molar-refractivity contribution is 0.294. The van der Waals surface area contributed by atoms with Crippen LogP contribution in [0.25, 0.3) is 0 Å². The molecular formula is C12H18BNO2S. The third-order valence-corrected chi connectivity index (χ3v) is 4.07. The first-order valence-electron chi connectivity index (χ1n) is 5.92. The van der Waals surface area contributed by atoms with E-state index < -0.39 is 7.12 Å². The molecule has 5 heteroatoms. The van der Waals surface area contributed by atoms with Crippen LogP contribution in [0, 0.1) is 6.92 Å². The Hall–Kier alpha value is -0.485. The zero-order chi connectivity index (χ0) is 12.3. The van der Waals surface area contributed by atoms with Gasteiger partial charge in [0.05, 0.1) is 0 Å². The van der Waals surface area contributed by atoms with Crippen LogP contribution in [0.2, 0.25) is 0 Å². The minimum absolute atomic E-state index is 0.619. The molecule has 0 bridgehead atoms. The average Bonchev–Trinajstić information content (AvgIpc) is 2.32. The van der Waals surface area contributed by atoms with E-state index in [0.717, 1.165) is 30.8 Å². The van der Waals surface area contributed by atoms with E-state index in [1.165, 1.54) is 11.5 Å². The van der Waals surface area contributed by atoms with E-state index in [0.29, 0.717) is 5.46 Å². The summed E-state index contributed by atoms with van der Waals surface area (Å²) in [5, 5.41) is 18.5. The maximum atomic E-state index is 9.27. The molecule has 2 N–H and O–H groups in total. The summed E-state index contributed by atoms with van der Waals surface area (Å²) in [5.41, 5.74) is 2.71. The number of hydrogen-bond donors (Lipinski definition) is 2. The molecule has 1 aromatic rings. The fourth-order valence-corrected chi connectivity index (χ4v) is 3.06. The highest BCUT2D eigenvalue weighted by Gasteiger charge is 2.16. The molecule has 1 fully saturated rings. The minimum Gasteiger partial charge on any atom is -0.423 e. The Morgan fingerprint density at radius 1 is 1.29 bits per heavy atom. The third-order valence-electron chi connectivity index (χ3n) is 3.13. The van der Waals surface area contributed by atoms with Crippen molar-refractivity contribution >= 4 is 24.3 Å². The second-order valence-corrected chi connectivity index (χ2v) is 5.68. The topological polar surface area (TPSA) is 43.7 Å². The molecule has 3 nitrogen and oxygen atoms in total. The molecule has 1 aliphatic heterocycles. The summed E-state index contributed by atoms with van der Waals surface area (Å²) in [7, 11) is -1.37. The summed E-state index contributed by atoms with van der Waals surface area (Å²) in [6.07, 6.45) is 0. The quantitative estimate of drug-likeness (QED) is 0.754. The first-order valence-corrected chi connectivity index (χ1v) is 7.08. The van der Waals surface area contributed by atoms with Crippen molar-refractivity contribution in [2.24, 2.45) is 0 Å². The van der Waals surface area contributed by atoms with Crippen molar-refractivity contribution in [2.45, 2.75) is 13.5 Å². The second-order valence-electron chi connectivity index (χ2n) is 4.45. The van der Waals surface area contributed by atoms with Crippen LogP contribution in [0.15, 0.2) is 18.2 Å². The van der Waals surface area contributed by atoms with Gasteiger partial charge in [0.1, 0.15) is 0 Å². The lowest BCUT2D eigenvalue weighted by Gasteiger charge is -2.26. The fraction of sp³-hybridized carbons (Fsp3) is 0.500. The molecule has 1 heterocycles. The number of benzene rings is 1. The van der Waals surface area contributed by atoms with Crippen LogP contribution in [-0.4, -0.2) is 46.7 Å². The maximum Gasteiger partial charge on any atom is 0.488 e. The molecule has 0 radical (unpaired) electrons. The van der Waals surface area contributed by atoms with Gasteiger partial charge >= 0.3 is 7.12 Å². The molecule has 92 valence electrons. The predicted octanol–water partition coefficient (Wildman–Crippen LogP) is 0.224. The molecule has 0 atom stereocenters. The number of rotatable bonds is 3.